The van der Waals surface area contributed by atoms with Crippen LogP contribution in [0.5, 0.6) is 5.75 Å². The van der Waals surface area contributed by atoms with Crippen LogP contribution < -0.4 is 14.8 Å². The van der Waals surface area contributed by atoms with Crippen molar-refractivity contribution in [2.24, 2.45) is 0 Å². The number of methoxy groups -OCH3 is 1. The zero-order valence-electron chi connectivity index (χ0n) is 18.9. The van der Waals surface area contributed by atoms with Gasteiger partial charge in [-0.25, -0.2) is 4.98 Å². The number of rotatable bonds is 6. The molecule has 1 fully saturated rings. The number of aromatic nitrogens is 1. The molecule has 0 spiro atoms. The van der Waals surface area contributed by atoms with Crippen molar-refractivity contribution in [1.29, 1.82) is 0 Å². The molecular formula is C27H26N2O4. The van der Waals surface area contributed by atoms with Gasteiger partial charge in [-0.05, 0) is 40.8 Å². The Labute approximate surface area is 193 Å². The summed E-state index contributed by atoms with van der Waals surface area (Å²) in [5.41, 5.74) is 2.97. The van der Waals surface area contributed by atoms with Gasteiger partial charge in [0.05, 0.1) is 19.7 Å². The zero-order chi connectivity index (χ0) is 23.5. The van der Waals surface area contributed by atoms with Crippen LogP contribution in [0.15, 0.2) is 78.6 Å². The summed E-state index contributed by atoms with van der Waals surface area (Å²) >= 11 is 0. The van der Waals surface area contributed by atoms with Crippen LogP contribution in [-0.4, -0.2) is 23.7 Å². The number of hydrogen-bond acceptors (Lipinski definition) is 4. The lowest BCUT2D eigenvalue weighted by atomic mass is 9.93. The number of likely N-dealkylation sites (tertiary alicyclic amines) is 1. The smallest absolute Gasteiger partial charge is 0.295 e. The number of H-pyrrole nitrogens is 1. The molecule has 1 saturated heterocycles. The Morgan fingerprint density at radius 3 is 2.48 bits per heavy atom. The van der Waals surface area contributed by atoms with Gasteiger partial charge in [-0.15, -0.1) is 0 Å². The van der Waals surface area contributed by atoms with Crippen molar-refractivity contribution < 1.29 is 24.4 Å². The summed E-state index contributed by atoms with van der Waals surface area (Å²) in [5, 5.41) is 13.5. The molecule has 1 aromatic heterocycles. The fourth-order valence-corrected chi connectivity index (χ4v) is 4.09. The Morgan fingerprint density at radius 1 is 1.09 bits per heavy atom. The number of carbonyl (C=O) groups excluding carboxylic acids is 2. The van der Waals surface area contributed by atoms with E-state index < -0.39 is 23.5 Å². The molecule has 2 heterocycles. The molecule has 1 aliphatic heterocycles. The molecule has 33 heavy (non-hydrogen) atoms. The minimum atomic E-state index is -0.773. The second-order valence-corrected chi connectivity index (χ2v) is 8.37. The topological polar surface area (TPSA) is 83.8 Å². The van der Waals surface area contributed by atoms with E-state index in [1.165, 1.54) is 12.0 Å². The fraction of sp³-hybridized carbons (Fsp3) is 0.222. The van der Waals surface area contributed by atoms with E-state index in [-0.39, 0.29) is 12.1 Å². The lowest BCUT2D eigenvalue weighted by Crippen LogP contribution is -2.29. The summed E-state index contributed by atoms with van der Waals surface area (Å²) in [7, 11) is 1.51. The van der Waals surface area contributed by atoms with Gasteiger partial charge in [0.2, 0.25) is 5.78 Å². The number of aromatic amines is 1. The van der Waals surface area contributed by atoms with Crippen molar-refractivity contribution in [3.63, 3.8) is 0 Å². The van der Waals surface area contributed by atoms with Crippen LogP contribution in [0.2, 0.25) is 0 Å². The Morgan fingerprint density at radius 2 is 1.85 bits per heavy atom. The minimum Gasteiger partial charge on any atom is -0.872 e. The van der Waals surface area contributed by atoms with E-state index in [2.05, 4.69) is 18.8 Å². The number of benzene rings is 2. The molecule has 168 valence electrons. The van der Waals surface area contributed by atoms with Crippen molar-refractivity contribution in [3.05, 3.63) is 101 Å². The van der Waals surface area contributed by atoms with Gasteiger partial charge in [0.25, 0.3) is 5.91 Å². The normalized spacial score (nSPS) is 17.6. The monoisotopic (exact) mass is 442 g/mol. The molecule has 2 aromatic carbocycles. The molecule has 1 aliphatic rings. The van der Waals surface area contributed by atoms with Gasteiger partial charge in [0.1, 0.15) is 5.75 Å². The highest BCUT2D eigenvalue weighted by Crippen LogP contribution is 2.40. The number of pyridine rings is 1. The van der Waals surface area contributed by atoms with Crippen LogP contribution >= 0.6 is 0 Å². The number of ether oxygens (including phenoxy) is 1. The Hall–Kier alpha value is -3.93. The van der Waals surface area contributed by atoms with Gasteiger partial charge in [-0.3, -0.25) is 9.59 Å². The summed E-state index contributed by atoms with van der Waals surface area (Å²) in [5.74, 6) is -1.06. The number of ketones is 1. The highest BCUT2D eigenvalue weighted by molar-refractivity contribution is 6.46. The predicted octanol–water partition coefficient (Wildman–Crippen LogP) is 3.06. The Balaban J connectivity index is 1.85. The first-order chi connectivity index (χ1) is 15.9. The number of nitrogens with zero attached hydrogens (tertiary/aromatic N) is 1. The van der Waals surface area contributed by atoms with E-state index >= 15 is 0 Å². The highest BCUT2D eigenvalue weighted by atomic mass is 16.5. The largest absolute Gasteiger partial charge is 0.872 e. The maximum absolute atomic E-state index is 13.5. The summed E-state index contributed by atoms with van der Waals surface area (Å²) in [6.45, 7) is 4.40. The lowest BCUT2D eigenvalue weighted by Gasteiger charge is -2.27. The SMILES string of the molecule is COc1cccc(/C([O-])=C2\C(=O)C(=O)N(Cc3ccc[nH+]c3)C2c2ccc(C(C)C)cc2)c1. The van der Waals surface area contributed by atoms with Crippen molar-refractivity contribution in [2.45, 2.75) is 32.4 Å². The third-order valence-corrected chi connectivity index (χ3v) is 5.90. The van der Waals surface area contributed by atoms with E-state index in [1.54, 1.807) is 36.7 Å². The molecule has 0 radical (unpaired) electrons. The third-order valence-electron chi connectivity index (χ3n) is 5.90. The van der Waals surface area contributed by atoms with Crippen LogP contribution in [0.1, 0.15) is 48.1 Å². The van der Waals surface area contributed by atoms with Gasteiger partial charge in [-0.1, -0.05) is 56.0 Å². The van der Waals surface area contributed by atoms with Crippen LogP contribution in [0.4, 0.5) is 0 Å². The van der Waals surface area contributed by atoms with Crippen molar-refractivity contribution >= 4 is 17.4 Å². The second-order valence-electron chi connectivity index (χ2n) is 8.37. The van der Waals surface area contributed by atoms with Gasteiger partial charge >= 0.3 is 0 Å². The van der Waals surface area contributed by atoms with Crippen molar-refractivity contribution in [3.8, 4) is 5.75 Å². The molecule has 6 nitrogen and oxygen atoms in total. The number of hydrogen-bond donors (Lipinski definition) is 0. The molecule has 0 aliphatic carbocycles. The van der Waals surface area contributed by atoms with Crippen molar-refractivity contribution in [2.75, 3.05) is 7.11 Å². The summed E-state index contributed by atoms with van der Waals surface area (Å²) in [6, 6.07) is 17.3. The molecule has 1 atom stereocenters. The van der Waals surface area contributed by atoms with E-state index in [0.29, 0.717) is 17.2 Å². The van der Waals surface area contributed by atoms with Crippen LogP contribution in [0.3, 0.4) is 0 Å². The average Bonchev–Trinajstić information content (AvgIpc) is 3.09. The minimum absolute atomic E-state index is 0.0366. The van der Waals surface area contributed by atoms with Gasteiger partial charge in [-0.2, -0.15) is 0 Å². The van der Waals surface area contributed by atoms with Crippen LogP contribution in [0.25, 0.3) is 5.76 Å². The number of nitrogens with one attached hydrogen (secondary N) is 1. The highest BCUT2D eigenvalue weighted by Gasteiger charge is 2.44. The van der Waals surface area contributed by atoms with Crippen LogP contribution in [0, 0.1) is 0 Å². The summed E-state index contributed by atoms with van der Waals surface area (Å²) < 4.78 is 5.24. The fourth-order valence-electron chi connectivity index (χ4n) is 4.09. The number of Topliss-reactive ketones (excluding diaryl/α,β-unsaturated/α-hetero) is 1. The van der Waals surface area contributed by atoms with Gasteiger partial charge < -0.3 is 14.7 Å². The Kier molecular flexibility index (Phi) is 6.27. The van der Waals surface area contributed by atoms with E-state index in [1.807, 2.05) is 36.4 Å². The number of carbonyl (C=O) groups is 2. The predicted molar refractivity (Wildman–Crippen MR) is 122 cm³/mol. The van der Waals surface area contributed by atoms with Gasteiger partial charge in [0.15, 0.2) is 12.4 Å². The average molecular weight is 443 g/mol. The quantitative estimate of drug-likeness (QED) is 0.334. The maximum Gasteiger partial charge on any atom is 0.295 e. The first-order valence-corrected chi connectivity index (χ1v) is 10.9. The molecule has 1 N–H and O–H groups in total. The molecule has 0 bridgehead atoms. The standard InChI is InChI=1S/C27H26N2O4/c1-17(2)19-9-11-20(12-10-19)24-23(25(30)21-7-4-8-22(14-21)33-3)26(31)27(32)29(24)16-18-6-5-13-28-15-18/h4-15,17,24,30H,16H2,1-3H3/b25-23+. The van der Waals surface area contributed by atoms with Gasteiger partial charge in [0, 0.05) is 17.2 Å². The first kappa shape index (κ1) is 22.3. The van der Waals surface area contributed by atoms with E-state index in [9.17, 15) is 14.7 Å². The molecule has 1 unspecified atom stereocenters. The molecule has 4 rings (SSSR count). The zero-order valence-corrected chi connectivity index (χ0v) is 18.9. The molecule has 1 amide bonds. The second kappa shape index (κ2) is 9.28. The molecule has 3 aromatic rings. The Bertz CT molecular complexity index is 1200. The molecule has 6 heteroatoms. The first-order valence-electron chi connectivity index (χ1n) is 10.9. The van der Waals surface area contributed by atoms with Crippen molar-refractivity contribution in [1.82, 2.24) is 4.90 Å². The molecule has 0 saturated carbocycles. The van der Waals surface area contributed by atoms with Crippen LogP contribution in [-0.2, 0) is 16.1 Å². The summed E-state index contributed by atoms with van der Waals surface area (Å²) in [6.07, 6.45) is 3.55. The third kappa shape index (κ3) is 4.37. The molecular weight excluding hydrogens is 416 g/mol. The summed E-state index contributed by atoms with van der Waals surface area (Å²) in [4.78, 5) is 30.7. The van der Waals surface area contributed by atoms with E-state index in [4.69, 9.17) is 4.74 Å². The maximum atomic E-state index is 13.5. The number of amides is 1. The lowest BCUT2D eigenvalue weighted by molar-refractivity contribution is -0.378. The van der Waals surface area contributed by atoms with E-state index in [0.717, 1.165) is 16.7 Å².